The number of hydrogen-bond donors (Lipinski definition) is 1. The van der Waals surface area contributed by atoms with Gasteiger partial charge in [0.2, 0.25) is 0 Å². The van der Waals surface area contributed by atoms with E-state index in [0.29, 0.717) is 18.7 Å². The van der Waals surface area contributed by atoms with Gasteiger partial charge in [0.05, 0.1) is 13.2 Å². The van der Waals surface area contributed by atoms with Crippen LogP contribution in [-0.2, 0) is 9.53 Å². The van der Waals surface area contributed by atoms with Gasteiger partial charge >= 0.3 is 0 Å². The SMILES string of the molecule is C=C(N[C@@H](CC(=O)CC)c1ccccc1)OC. The van der Waals surface area contributed by atoms with Gasteiger partial charge in [0.15, 0.2) is 5.88 Å². The van der Waals surface area contributed by atoms with Crippen molar-refractivity contribution < 1.29 is 9.53 Å². The third-order valence-electron chi connectivity index (χ3n) is 2.61. The lowest BCUT2D eigenvalue weighted by Crippen LogP contribution is -2.23. The molecule has 0 aliphatic heterocycles. The number of carbonyl (C=O) groups is 1. The lowest BCUT2D eigenvalue weighted by molar-refractivity contribution is -0.119. The van der Waals surface area contributed by atoms with Crippen molar-refractivity contribution in [1.82, 2.24) is 5.32 Å². The number of hydrogen-bond acceptors (Lipinski definition) is 3. The van der Waals surface area contributed by atoms with Crippen LogP contribution in [0.2, 0.25) is 0 Å². The maximum atomic E-state index is 11.6. The summed E-state index contributed by atoms with van der Waals surface area (Å²) in [4.78, 5) is 11.6. The zero-order valence-corrected chi connectivity index (χ0v) is 10.4. The average molecular weight is 233 g/mol. The Morgan fingerprint density at radius 2 is 2.06 bits per heavy atom. The van der Waals surface area contributed by atoms with Gasteiger partial charge in [-0.05, 0) is 12.1 Å². The predicted molar refractivity (Wildman–Crippen MR) is 68.4 cm³/mol. The van der Waals surface area contributed by atoms with Crippen molar-refractivity contribution in [3.8, 4) is 0 Å². The average Bonchev–Trinajstić information content (AvgIpc) is 2.38. The minimum atomic E-state index is -0.0731. The van der Waals surface area contributed by atoms with Gasteiger partial charge in [-0.15, -0.1) is 0 Å². The number of benzene rings is 1. The summed E-state index contributed by atoms with van der Waals surface area (Å²) in [6.45, 7) is 5.60. The Labute approximate surface area is 102 Å². The van der Waals surface area contributed by atoms with Crippen molar-refractivity contribution in [1.29, 1.82) is 0 Å². The molecule has 0 bridgehead atoms. The summed E-state index contributed by atoms with van der Waals surface area (Å²) >= 11 is 0. The van der Waals surface area contributed by atoms with Crippen molar-refractivity contribution >= 4 is 5.78 Å². The van der Waals surface area contributed by atoms with Gasteiger partial charge in [-0.25, -0.2) is 0 Å². The van der Waals surface area contributed by atoms with Crippen molar-refractivity contribution in [2.45, 2.75) is 25.8 Å². The Morgan fingerprint density at radius 1 is 1.41 bits per heavy atom. The summed E-state index contributed by atoms with van der Waals surface area (Å²) < 4.78 is 5.00. The van der Waals surface area contributed by atoms with Crippen molar-refractivity contribution in [3.05, 3.63) is 48.4 Å². The van der Waals surface area contributed by atoms with Crippen LogP contribution in [0.4, 0.5) is 0 Å². The smallest absolute Gasteiger partial charge is 0.179 e. The molecule has 0 fully saturated rings. The van der Waals surface area contributed by atoms with E-state index in [4.69, 9.17) is 4.74 Å². The van der Waals surface area contributed by atoms with Crippen LogP contribution in [-0.4, -0.2) is 12.9 Å². The van der Waals surface area contributed by atoms with Crippen LogP contribution < -0.4 is 5.32 Å². The van der Waals surface area contributed by atoms with Crippen molar-refractivity contribution in [2.24, 2.45) is 0 Å². The number of ether oxygens (including phenoxy) is 1. The van der Waals surface area contributed by atoms with Gasteiger partial charge in [0.1, 0.15) is 5.78 Å². The minimum Gasteiger partial charge on any atom is -0.483 e. The Kier molecular flexibility index (Phi) is 5.27. The summed E-state index contributed by atoms with van der Waals surface area (Å²) in [6, 6.07) is 9.77. The fourth-order valence-corrected chi connectivity index (χ4v) is 1.56. The number of rotatable bonds is 7. The third kappa shape index (κ3) is 4.31. The molecule has 0 spiro atoms. The summed E-state index contributed by atoms with van der Waals surface area (Å²) in [5, 5.41) is 3.11. The largest absolute Gasteiger partial charge is 0.483 e. The molecule has 0 aromatic heterocycles. The number of methoxy groups -OCH3 is 1. The zero-order valence-electron chi connectivity index (χ0n) is 10.4. The molecule has 0 aliphatic rings. The van der Waals surface area contributed by atoms with Gasteiger partial charge < -0.3 is 10.1 Å². The van der Waals surface area contributed by atoms with E-state index in [1.165, 1.54) is 0 Å². The van der Waals surface area contributed by atoms with E-state index in [1.807, 2.05) is 37.3 Å². The monoisotopic (exact) mass is 233 g/mol. The molecule has 1 N–H and O–H groups in total. The highest BCUT2D eigenvalue weighted by Gasteiger charge is 2.15. The van der Waals surface area contributed by atoms with E-state index in [2.05, 4.69) is 11.9 Å². The minimum absolute atomic E-state index is 0.0731. The number of nitrogens with one attached hydrogen (secondary N) is 1. The molecule has 3 nitrogen and oxygen atoms in total. The Hall–Kier alpha value is -1.77. The maximum Gasteiger partial charge on any atom is 0.179 e. The van der Waals surface area contributed by atoms with Crippen LogP contribution in [0, 0.1) is 0 Å². The highest BCUT2D eigenvalue weighted by atomic mass is 16.5. The lowest BCUT2D eigenvalue weighted by atomic mass is 10.0. The summed E-state index contributed by atoms with van der Waals surface area (Å²) in [5.74, 6) is 0.693. The van der Waals surface area contributed by atoms with Gasteiger partial charge in [0, 0.05) is 12.8 Å². The van der Waals surface area contributed by atoms with Crippen LogP contribution in [0.25, 0.3) is 0 Å². The Morgan fingerprint density at radius 3 is 2.59 bits per heavy atom. The zero-order chi connectivity index (χ0) is 12.7. The second-order valence-corrected chi connectivity index (χ2v) is 3.83. The van der Waals surface area contributed by atoms with Gasteiger partial charge in [-0.3, -0.25) is 4.79 Å². The molecular weight excluding hydrogens is 214 g/mol. The normalized spacial score (nSPS) is 11.6. The predicted octanol–water partition coefficient (Wildman–Crippen LogP) is 2.80. The molecule has 1 aromatic rings. The molecule has 0 aliphatic carbocycles. The number of Topliss-reactive ketones (excluding diaryl/α,β-unsaturated/α-hetero) is 1. The molecule has 1 aromatic carbocycles. The molecule has 0 saturated heterocycles. The van der Waals surface area contributed by atoms with Gasteiger partial charge in [-0.2, -0.15) is 0 Å². The number of ketones is 1. The third-order valence-corrected chi connectivity index (χ3v) is 2.61. The van der Waals surface area contributed by atoms with Crippen molar-refractivity contribution in [3.63, 3.8) is 0 Å². The van der Waals surface area contributed by atoms with Gasteiger partial charge in [0.25, 0.3) is 0 Å². The standard InChI is InChI=1S/C14H19NO2/c1-4-13(16)10-14(15-11(2)17-3)12-8-6-5-7-9-12/h5-9,14-15H,2,4,10H2,1,3H3/t14-/m0/s1. The van der Waals surface area contributed by atoms with Crippen LogP contribution in [0.1, 0.15) is 31.4 Å². The number of carbonyl (C=O) groups excluding carboxylic acids is 1. The molecule has 92 valence electrons. The fourth-order valence-electron chi connectivity index (χ4n) is 1.56. The molecule has 0 saturated carbocycles. The highest BCUT2D eigenvalue weighted by molar-refractivity contribution is 5.78. The molecule has 0 heterocycles. The van der Waals surface area contributed by atoms with Crippen LogP contribution in [0.15, 0.2) is 42.8 Å². The Balaban J connectivity index is 2.79. The molecule has 3 heteroatoms. The van der Waals surface area contributed by atoms with Crippen LogP contribution in [0.3, 0.4) is 0 Å². The first-order valence-electron chi connectivity index (χ1n) is 5.73. The molecule has 0 radical (unpaired) electrons. The summed E-state index contributed by atoms with van der Waals surface area (Å²) in [6.07, 6.45) is 0.993. The van der Waals surface area contributed by atoms with E-state index in [1.54, 1.807) is 7.11 Å². The topological polar surface area (TPSA) is 38.3 Å². The first-order valence-corrected chi connectivity index (χ1v) is 5.73. The first-order chi connectivity index (χ1) is 8.17. The summed E-state index contributed by atoms with van der Waals surface area (Å²) in [7, 11) is 1.55. The molecule has 1 rings (SSSR count). The van der Waals surface area contributed by atoms with E-state index in [9.17, 15) is 4.79 Å². The van der Waals surface area contributed by atoms with E-state index in [-0.39, 0.29) is 11.8 Å². The highest BCUT2D eigenvalue weighted by Crippen LogP contribution is 2.18. The van der Waals surface area contributed by atoms with Crippen molar-refractivity contribution in [2.75, 3.05) is 7.11 Å². The molecular formula is C14H19NO2. The molecule has 0 amide bonds. The molecule has 0 unspecified atom stereocenters. The molecule has 1 atom stereocenters. The van der Waals surface area contributed by atoms with Crippen LogP contribution >= 0.6 is 0 Å². The van der Waals surface area contributed by atoms with E-state index >= 15 is 0 Å². The van der Waals surface area contributed by atoms with Crippen LogP contribution in [0.5, 0.6) is 0 Å². The van der Waals surface area contributed by atoms with E-state index in [0.717, 1.165) is 5.56 Å². The fraction of sp³-hybridized carbons (Fsp3) is 0.357. The summed E-state index contributed by atoms with van der Waals surface area (Å²) in [5.41, 5.74) is 1.06. The second kappa shape index (κ2) is 6.74. The Bertz CT molecular complexity index is 355. The quantitative estimate of drug-likeness (QED) is 0.736. The molecule has 17 heavy (non-hydrogen) atoms. The second-order valence-electron chi connectivity index (χ2n) is 3.83. The van der Waals surface area contributed by atoms with Gasteiger partial charge in [-0.1, -0.05) is 37.3 Å². The maximum absolute atomic E-state index is 11.6. The first kappa shape index (κ1) is 13.3. The van der Waals surface area contributed by atoms with E-state index < -0.39 is 0 Å². The lowest BCUT2D eigenvalue weighted by Gasteiger charge is -2.20.